The van der Waals surface area contributed by atoms with E-state index >= 15 is 4.39 Å². The second-order valence-electron chi connectivity index (χ2n) is 8.73. The summed E-state index contributed by atoms with van der Waals surface area (Å²) in [6.45, 7) is 5.37. The van der Waals surface area contributed by atoms with Gasteiger partial charge in [-0.05, 0) is 44.6 Å². The molecule has 1 fully saturated rings. The second kappa shape index (κ2) is 10.0. The van der Waals surface area contributed by atoms with Crippen LogP contribution in [0.5, 0.6) is 0 Å². The molecule has 7 nitrogen and oxygen atoms in total. The number of aromatic amines is 1. The number of nitrogens with one attached hydrogen (secondary N) is 3. The summed E-state index contributed by atoms with van der Waals surface area (Å²) in [5, 5.41) is 5.90. The number of H-pyrrole nitrogens is 1. The number of hydrogen-bond donors (Lipinski definition) is 3. The number of pyridine rings is 1. The predicted molar refractivity (Wildman–Crippen MR) is 126 cm³/mol. The number of halogens is 3. The van der Waals surface area contributed by atoms with E-state index in [1.165, 1.54) is 6.07 Å². The van der Waals surface area contributed by atoms with Gasteiger partial charge in [0.1, 0.15) is 5.82 Å². The zero-order valence-electron chi connectivity index (χ0n) is 19.1. The molecule has 3 heterocycles. The number of piperazine rings is 1. The molecule has 1 amide bonds. The first kappa shape index (κ1) is 24.0. The molecule has 2 aliphatic rings. The van der Waals surface area contributed by atoms with Crippen LogP contribution in [0.25, 0.3) is 5.57 Å². The number of anilines is 2. The lowest BCUT2D eigenvalue weighted by atomic mass is 9.97. The SMILES string of the molecule is C[C@@H]1CN(c2cc(F)c(C3=CCNCC3)cc2NC(=O)c2c[nH]c(=O)cc2C(F)F)CCN1C. The van der Waals surface area contributed by atoms with Gasteiger partial charge in [-0.1, -0.05) is 6.08 Å². The Bertz CT molecular complexity index is 1160. The van der Waals surface area contributed by atoms with Crippen molar-refractivity contribution in [1.29, 1.82) is 0 Å². The van der Waals surface area contributed by atoms with Crippen LogP contribution in [0.15, 0.2) is 35.3 Å². The maximum Gasteiger partial charge on any atom is 0.264 e. The first-order chi connectivity index (χ1) is 16.2. The van der Waals surface area contributed by atoms with Gasteiger partial charge in [-0.25, -0.2) is 13.2 Å². The molecule has 34 heavy (non-hydrogen) atoms. The molecule has 0 radical (unpaired) electrons. The van der Waals surface area contributed by atoms with Gasteiger partial charge in [-0.15, -0.1) is 0 Å². The van der Waals surface area contributed by atoms with Crippen molar-refractivity contribution in [3.63, 3.8) is 0 Å². The van der Waals surface area contributed by atoms with Gasteiger partial charge in [-0.3, -0.25) is 9.59 Å². The highest BCUT2D eigenvalue weighted by Crippen LogP contribution is 2.35. The quantitative estimate of drug-likeness (QED) is 0.619. The highest BCUT2D eigenvalue weighted by atomic mass is 19.3. The van der Waals surface area contributed by atoms with Gasteiger partial charge >= 0.3 is 0 Å². The summed E-state index contributed by atoms with van der Waals surface area (Å²) in [4.78, 5) is 31.0. The molecule has 0 bridgehead atoms. The number of rotatable bonds is 5. The maximum atomic E-state index is 15.3. The third-order valence-corrected chi connectivity index (χ3v) is 6.48. The van der Waals surface area contributed by atoms with Crippen LogP contribution < -0.4 is 21.1 Å². The lowest BCUT2D eigenvalue weighted by molar-refractivity contribution is 0.101. The molecule has 2 aliphatic heterocycles. The number of nitrogens with zero attached hydrogens (tertiary/aromatic N) is 2. The van der Waals surface area contributed by atoms with E-state index in [2.05, 4.69) is 27.4 Å². The van der Waals surface area contributed by atoms with Crippen LogP contribution in [0.1, 0.15) is 41.3 Å². The average molecular weight is 476 g/mol. The fraction of sp³-hybridized carbons (Fsp3) is 0.417. The number of carbonyl (C=O) groups is 1. The second-order valence-corrected chi connectivity index (χ2v) is 8.73. The number of amides is 1. The molecule has 182 valence electrons. The molecule has 1 aromatic heterocycles. The molecule has 1 atom stereocenters. The van der Waals surface area contributed by atoms with Gasteiger partial charge in [-0.2, -0.15) is 0 Å². The van der Waals surface area contributed by atoms with E-state index in [9.17, 15) is 18.4 Å². The summed E-state index contributed by atoms with van der Waals surface area (Å²) >= 11 is 0. The molecular formula is C24H28F3N5O2. The van der Waals surface area contributed by atoms with Crippen molar-refractivity contribution < 1.29 is 18.0 Å². The van der Waals surface area contributed by atoms with Crippen LogP contribution in [-0.2, 0) is 0 Å². The van der Waals surface area contributed by atoms with Gasteiger partial charge < -0.3 is 25.4 Å². The highest BCUT2D eigenvalue weighted by Gasteiger charge is 2.26. The number of carbonyl (C=O) groups excluding carboxylic acids is 1. The molecule has 0 spiro atoms. The molecule has 3 N–H and O–H groups in total. The average Bonchev–Trinajstić information content (AvgIpc) is 2.82. The van der Waals surface area contributed by atoms with Gasteiger partial charge in [0.2, 0.25) is 5.56 Å². The van der Waals surface area contributed by atoms with E-state index in [-0.39, 0.29) is 11.6 Å². The minimum atomic E-state index is -3.00. The smallest absolute Gasteiger partial charge is 0.264 e. The number of likely N-dealkylation sites (N-methyl/N-ethyl adjacent to an activating group) is 1. The van der Waals surface area contributed by atoms with E-state index in [1.807, 2.05) is 18.0 Å². The summed E-state index contributed by atoms with van der Waals surface area (Å²) in [7, 11) is 2.01. The normalized spacial score (nSPS) is 19.3. The van der Waals surface area contributed by atoms with Gasteiger partial charge in [0, 0.05) is 55.6 Å². The molecule has 4 rings (SSSR count). The fourth-order valence-electron chi connectivity index (χ4n) is 4.36. The van der Waals surface area contributed by atoms with E-state index in [4.69, 9.17) is 0 Å². The Kier molecular flexibility index (Phi) is 7.08. The van der Waals surface area contributed by atoms with Crippen molar-refractivity contribution in [2.75, 3.05) is 50.0 Å². The summed E-state index contributed by atoms with van der Waals surface area (Å²) in [5.41, 5.74) is 0.316. The van der Waals surface area contributed by atoms with Crippen LogP contribution in [-0.4, -0.2) is 61.6 Å². The molecule has 10 heteroatoms. The van der Waals surface area contributed by atoms with Gasteiger partial charge in [0.05, 0.1) is 16.9 Å². The zero-order valence-corrected chi connectivity index (χ0v) is 19.1. The third-order valence-electron chi connectivity index (χ3n) is 6.48. The van der Waals surface area contributed by atoms with Crippen molar-refractivity contribution in [3.8, 4) is 0 Å². The Hall–Kier alpha value is -3.11. The van der Waals surface area contributed by atoms with Gasteiger partial charge in [0.15, 0.2) is 0 Å². The third kappa shape index (κ3) is 5.02. The van der Waals surface area contributed by atoms with E-state index in [0.29, 0.717) is 49.5 Å². The monoisotopic (exact) mass is 475 g/mol. The Morgan fingerprint density at radius 3 is 2.71 bits per heavy atom. The van der Waals surface area contributed by atoms with Crippen molar-refractivity contribution >= 4 is 22.9 Å². The predicted octanol–water partition coefficient (Wildman–Crippen LogP) is 3.22. The molecular weight excluding hydrogens is 447 g/mol. The minimum Gasteiger partial charge on any atom is -0.367 e. The van der Waals surface area contributed by atoms with Crippen molar-refractivity contribution in [3.05, 3.63) is 63.3 Å². The van der Waals surface area contributed by atoms with Gasteiger partial charge in [0.25, 0.3) is 12.3 Å². The first-order valence-corrected chi connectivity index (χ1v) is 11.3. The summed E-state index contributed by atoms with van der Waals surface area (Å²) < 4.78 is 42.3. The summed E-state index contributed by atoms with van der Waals surface area (Å²) in [5.74, 6) is -1.20. The minimum absolute atomic E-state index is 0.205. The zero-order chi connectivity index (χ0) is 24.4. The van der Waals surface area contributed by atoms with Crippen LogP contribution in [0.4, 0.5) is 24.5 Å². The Labute approximate surface area is 195 Å². The Morgan fingerprint density at radius 1 is 1.24 bits per heavy atom. The van der Waals surface area contributed by atoms with Crippen LogP contribution in [0.3, 0.4) is 0 Å². The van der Waals surface area contributed by atoms with E-state index in [0.717, 1.165) is 24.4 Å². The van der Waals surface area contributed by atoms with Crippen LogP contribution in [0.2, 0.25) is 0 Å². The lowest BCUT2D eigenvalue weighted by Gasteiger charge is -2.39. The number of alkyl halides is 2. The highest BCUT2D eigenvalue weighted by molar-refractivity contribution is 6.07. The maximum absolute atomic E-state index is 15.3. The Balaban J connectivity index is 1.75. The van der Waals surface area contributed by atoms with Crippen LogP contribution in [0, 0.1) is 5.82 Å². The molecule has 1 saturated heterocycles. The molecule has 0 unspecified atom stereocenters. The molecule has 2 aromatic rings. The standard InChI is InChI=1S/C24H28F3N5O2/c1-14-13-32(8-7-31(14)2)21-11-19(25)16(15-3-5-28-6-4-15)9-20(21)30-24(34)18-12-29-22(33)10-17(18)23(26)27/h3,9-12,14,23,28H,4-8,13H2,1-2H3,(H,29,33)(H,30,34)/t14-/m1/s1. The Morgan fingerprint density at radius 2 is 2.03 bits per heavy atom. The lowest BCUT2D eigenvalue weighted by Crippen LogP contribution is -2.50. The summed E-state index contributed by atoms with van der Waals surface area (Å²) in [6, 6.07) is 3.92. The molecule has 0 saturated carbocycles. The van der Waals surface area contributed by atoms with E-state index < -0.39 is 29.3 Å². The van der Waals surface area contributed by atoms with E-state index in [1.54, 1.807) is 6.07 Å². The molecule has 0 aliphatic carbocycles. The molecule has 1 aromatic carbocycles. The largest absolute Gasteiger partial charge is 0.367 e. The van der Waals surface area contributed by atoms with Crippen molar-refractivity contribution in [2.45, 2.75) is 25.8 Å². The van der Waals surface area contributed by atoms with Crippen LogP contribution >= 0.6 is 0 Å². The topological polar surface area (TPSA) is 80.5 Å². The first-order valence-electron chi connectivity index (χ1n) is 11.3. The fourth-order valence-corrected chi connectivity index (χ4v) is 4.36. The van der Waals surface area contributed by atoms with Crippen molar-refractivity contribution in [2.24, 2.45) is 0 Å². The summed E-state index contributed by atoms with van der Waals surface area (Å²) in [6.07, 6.45) is 0.521. The number of aromatic nitrogens is 1. The number of benzene rings is 1. The van der Waals surface area contributed by atoms with Crippen molar-refractivity contribution in [1.82, 2.24) is 15.2 Å². The number of hydrogen-bond acceptors (Lipinski definition) is 5.